The van der Waals surface area contributed by atoms with Crippen LogP contribution in [0.15, 0.2) is 30.7 Å². The van der Waals surface area contributed by atoms with Crippen molar-refractivity contribution in [1.29, 1.82) is 0 Å². The molecule has 3 aromatic rings. The maximum atomic E-state index is 12.9. The third-order valence-electron chi connectivity index (χ3n) is 4.72. The Morgan fingerprint density at radius 2 is 1.89 bits per heavy atom. The molecule has 0 unspecified atom stereocenters. The van der Waals surface area contributed by atoms with Crippen molar-refractivity contribution in [3.8, 4) is 11.4 Å². The van der Waals surface area contributed by atoms with E-state index in [-0.39, 0.29) is 5.69 Å². The van der Waals surface area contributed by atoms with Crippen molar-refractivity contribution in [3.05, 3.63) is 36.4 Å². The highest BCUT2D eigenvalue weighted by Crippen LogP contribution is 2.32. The molecule has 6 nitrogen and oxygen atoms in total. The minimum Gasteiger partial charge on any atom is -0.381 e. The molecule has 0 aromatic carbocycles. The van der Waals surface area contributed by atoms with Crippen LogP contribution in [0.2, 0.25) is 0 Å². The van der Waals surface area contributed by atoms with E-state index in [1.165, 1.54) is 0 Å². The fourth-order valence-corrected chi connectivity index (χ4v) is 3.26. The van der Waals surface area contributed by atoms with E-state index in [1.54, 1.807) is 19.3 Å². The van der Waals surface area contributed by atoms with E-state index in [9.17, 15) is 13.2 Å². The minimum atomic E-state index is -4.51. The van der Waals surface area contributed by atoms with Gasteiger partial charge in [0, 0.05) is 44.0 Å². The molecule has 0 aliphatic carbocycles. The highest BCUT2D eigenvalue weighted by molar-refractivity contribution is 5.87. The van der Waals surface area contributed by atoms with Gasteiger partial charge in [0.2, 0.25) is 0 Å². The molecule has 1 aliphatic heterocycles. The van der Waals surface area contributed by atoms with Crippen molar-refractivity contribution < 1.29 is 17.9 Å². The Morgan fingerprint density at radius 1 is 1.11 bits per heavy atom. The normalized spacial score (nSPS) is 16.0. The Morgan fingerprint density at radius 3 is 2.63 bits per heavy atom. The highest BCUT2D eigenvalue weighted by atomic mass is 19.4. The average Bonchev–Trinajstić information content (AvgIpc) is 2.98. The van der Waals surface area contributed by atoms with Gasteiger partial charge in [-0.05, 0) is 25.0 Å². The number of pyridine rings is 1. The second-order valence-electron chi connectivity index (χ2n) is 6.53. The highest BCUT2D eigenvalue weighted by Gasteiger charge is 2.33. The van der Waals surface area contributed by atoms with Crippen LogP contribution in [0.4, 0.5) is 19.0 Å². The topological polar surface area (TPSA) is 64.9 Å². The number of rotatable bonds is 3. The third-order valence-corrected chi connectivity index (χ3v) is 4.72. The molecular formula is C18H18F3N5O. The van der Waals surface area contributed by atoms with E-state index in [0.717, 1.165) is 55.2 Å². The number of ether oxygens (including phenoxy) is 1. The largest absolute Gasteiger partial charge is 0.433 e. The predicted molar refractivity (Wildman–Crippen MR) is 94.2 cm³/mol. The molecule has 142 valence electrons. The summed E-state index contributed by atoms with van der Waals surface area (Å²) in [5.74, 6) is 0.737. The summed E-state index contributed by atoms with van der Waals surface area (Å²) in [4.78, 5) is 11.8. The number of hydrogen-bond donors (Lipinski definition) is 1. The molecule has 1 saturated heterocycles. The number of nitrogens with one attached hydrogen (secondary N) is 1. The zero-order valence-electron chi connectivity index (χ0n) is 14.6. The van der Waals surface area contributed by atoms with Crippen molar-refractivity contribution in [2.45, 2.75) is 25.1 Å². The Labute approximate surface area is 153 Å². The van der Waals surface area contributed by atoms with Gasteiger partial charge >= 0.3 is 6.18 Å². The molecular weight excluding hydrogens is 359 g/mol. The van der Waals surface area contributed by atoms with Crippen molar-refractivity contribution >= 4 is 16.7 Å². The molecule has 4 rings (SSSR count). The van der Waals surface area contributed by atoms with Crippen LogP contribution in [0.3, 0.4) is 0 Å². The molecule has 0 spiro atoms. The molecule has 0 atom stereocenters. The summed E-state index contributed by atoms with van der Waals surface area (Å²) in [5, 5.41) is 4.23. The molecule has 27 heavy (non-hydrogen) atoms. The van der Waals surface area contributed by atoms with Gasteiger partial charge in [-0.2, -0.15) is 13.2 Å². The van der Waals surface area contributed by atoms with Gasteiger partial charge in [-0.15, -0.1) is 0 Å². The lowest BCUT2D eigenvalue weighted by Crippen LogP contribution is -2.28. The van der Waals surface area contributed by atoms with Gasteiger partial charge in [0.1, 0.15) is 17.8 Å². The van der Waals surface area contributed by atoms with Gasteiger partial charge in [0.25, 0.3) is 0 Å². The van der Waals surface area contributed by atoms with E-state index < -0.39 is 11.9 Å². The Balaban J connectivity index is 1.68. The second-order valence-corrected chi connectivity index (χ2v) is 6.53. The number of hydrogen-bond acceptors (Lipinski definition) is 5. The smallest absolute Gasteiger partial charge is 0.381 e. The van der Waals surface area contributed by atoms with Crippen LogP contribution in [0, 0.1) is 0 Å². The van der Waals surface area contributed by atoms with Gasteiger partial charge < -0.3 is 14.6 Å². The van der Waals surface area contributed by atoms with E-state index in [0.29, 0.717) is 11.7 Å². The fraction of sp³-hybridized carbons (Fsp3) is 0.389. The van der Waals surface area contributed by atoms with Crippen LogP contribution in [0.1, 0.15) is 18.5 Å². The van der Waals surface area contributed by atoms with Gasteiger partial charge in [-0.25, -0.2) is 15.0 Å². The number of halogens is 3. The van der Waals surface area contributed by atoms with Gasteiger partial charge in [0.15, 0.2) is 0 Å². The van der Waals surface area contributed by atoms with Crippen LogP contribution in [0.25, 0.3) is 22.3 Å². The molecule has 9 heteroatoms. The summed E-state index contributed by atoms with van der Waals surface area (Å²) in [5.41, 5.74) is 0.692. The van der Waals surface area contributed by atoms with E-state index in [4.69, 9.17) is 4.74 Å². The summed E-state index contributed by atoms with van der Waals surface area (Å²) >= 11 is 0. The number of anilines is 1. The summed E-state index contributed by atoms with van der Waals surface area (Å²) in [6, 6.07) is 4.95. The van der Waals surface area contributed by atoms with Crippen LogP contribution < -0.4 is 5.32 Å². The summed E-state index contributed by atoms with van der Waals surface area (Å²) in [6.07, 6.45) is -0.0261. The van der Waals surface area contributed by atoms with E-state index >= 15 is 0 Å². The van der Waals surface area contributed by atoms with Crippen molar-refractivity contribution in [2.75, 3.05) is 18.5 Å². The van der Waals surface area contributed by atoms with Gasteiger partial charge in [-0.1, -0.05) is 0 Å². The SMILES string of the molecule is Cn1c(-c2cc(C(F)(F)F)ncn2)cc2cnc(NC3CCOCC3)cc21. The molecule has 4 heterocycles. The Bertz CT molecular complexity index is 963. The number of alkyl halides is 3. The van der Waals surface area contributed by atoms with Crippen LogP contribution in [-0.2, 0) is 18.0 Å². The molecule has 3 aromatic heterocycles. The number of nitrogens with zero attached hydrogens (tertiary/aromatic N) is 4. The maximum absolute atomic E-state index is 12.9. The number of aryl methyl sites for hydroxylation is 1. The molecule has 1 fully saturated rings. The fourth-order valence-electron chi connectivity index (χ4n) is 3.26. The summed E-state index contributed by atoms with van der Waals surface area (Å²) in [7, 11) is 1.80. The van der Waals surface area contributed by atoms with Crippen molar-refractivity contribution in [1.82, 2.24) is 19.5 Å². The molecule has 0 bridgehead atoms. The standard InChI is InChI=1S/C18H18F3N5O/c1-26-14-8-17(25-12-2-4-27-5-3-12)22-9-11(14)6-15(26)13-7-16(18(19,20)21)24-10-23-13/h6-10,12H,2-5H2,1H3,(H,22,25). The first-order chi connectivity index (χ1) is 12.9. The van der Waals surface area contributed by atoms with Gasteiger partial charge in [-0.3, -0.25) is 0 Å². The average molecular weight is 377 g/mol. The van der Waals surface area contributed by atoms with E-state index in [1.807, 2.05) is 10.6 Å². The lowest BCUT2D eigenvalue weighted by Gasteiger charge is -2.23. The molecule has 0 saturated carbocycles. The monoisotopic (exact) mass is 377 g/mol. The third kappa shape index (κ3) is 3.59. The summed E-state index contributed by atoms with van der Waals surface area (Å²) in [6.45, 7) is 1.45. The van der Waals surface area contributed by atoms with Gasteiger partial charge in [0.05, 0.1) is 16.9 Å². The first-order valence-corrected chi connectivity index (χ1v) is 8.61. The molecule has 1 aliphatic rings. The number of fused-ring (bicyclic) bond motifs is 1. The lowest BCUT2D eigenvalue weighted by atomic mass is 10.1. The van der Waals surface area contributed by atoms with Crippen molar-refractivity contribution in [3.63, 3.8) is 0 Å². The molecule has 0 amide bonds. The van der Waals surface area contributed by atoms with Crippen LogP contribution in [-0.4, -0.2) is 38.8 Å². The zero-order valence-corrected chi connectivity index (χ0v) is 14.6. The summed E-state index contributed by atoms with van der Waals surface area (Å²) < 4.78 is 46.0. The minimum absolute atomic E-state index is 0.218. The predicted octanol–water partition coefficient (Wildman–Crippen LogP) is 3.64. The number of aromatic nitrogens is 4. The first-order valence-electron chi connectivity index (χ1n) is 8.61. The lowest BCUT2D eigenvalue weighted by molar-refractivity contribution is -0.141. The maximum Gasteiger partial charge on any atom is 0.433 e. The van der Waals surface area contributed by atoms with Crippen molar-refractivity contribution in [2.24, 2.45) is 7.05 Å². The second kappa shape index (κ2) is 6.80. The quantitative estimate of drug-likeness (QED) is 0.755. The molecule has 0 radical (unpaired) electrons. The zero-order chi connectivity index (χ0) is 19.0. The first kappa shape index (κ1) is 17.7. The Hall–Kier alpha value is -2.68. The van der Waals surface area contributed by atoms with Crippen LogP contribution in [0.5, 0.6) is 0 Å². The van der Waals surface area contributed by atoms with Crippen LogP contribution >= 0.6 is 0 Å². The van der Waals surface area contributed by atoms with E-state index in [2.05, 4.69) is 20.3 Å². The Kier molecular flexibility index (Phi) is 4.47. The molecule has 1 N–H and O–H groups in total.